The lowest BCUT2D eigenvalue weighted by Crippen LogP contribution is -2.22. The van der Waals surface area contributed by atoms with E-state index in [2.05, 4.69) is 15.4 Å². The van der Waals surface area contributed by atoms with Crippen LogP contribution in [0, 0.1) is 0 Å². The molecule has 3 aromatic rings. The summed E-state index contributed by atoms with van der Waals surface area (Å²) in [5, 5.41) is 7.01. The minimum Gasteiger partial charge on any atom is -0.348 e. The molecule has 1 amide bonds. The number of hydrogen-bond acceptors (Lipinski definition) is 4. The lowest BCUT2D eigenvalue weighted by atomic mass is 10.1. The van der Waals surface area contributed by atoms with E-state index in [-0.39, 0.29) is 5.91 Å². The molecule has 1 aromatic carbocycles. The number of nitrogens with zero attached hydrogens (tertiary/aromatic N) is 3. The predicted octanol–water partition coefficient (Wildman–Crippen LogP) is 1.12. The highest BCUT2D eigenvalue weighted by Crippen LogP contribution is 2.09. The van der Waals surface area contributed by atoms with Crippen molar-refractivity contribution < 1.29 is 4.79 Å². The van der Waals surface area contributed by atoms with Crippen molar-refractivity contribution in [1.82, 2.24) is 19.9 Å². The molecule has 0 aliphatic carbocycles. The normalized spacial score (nSPS) is 10.7. The summed E-state index contributed by atoms with van der Waals surface area (Å²) < 4.78 is 1.62. The van der Waals surface area contributed by atoms with Crippen LogP contribution in [0.1, 0.15) is 21.5 Å². The summed E-state index contributed by atoms with van der Waals surface area (Å²) >= 11 is 0. The van der Waals surface area contributed by atoms with E-state index >= 15 is 0 Å². The maximum Gasteiger partial charge on any atom is 0.255 e. The van der Waals surface area contributed by atoms with E-state index in [0.717, 1.165) is 11.1 Å². The van der Waals surface area contributed by atoms with Gasteiger partial charge in [-0.15, -0.1) is 0 Å². The molecular weight excluding hydrogens is 266 g/mol. The molecule has 106 valence electrons. The molecule has 0 saturated heterocycles. The van der Waals surface area contributed by atoms with Crippen molar-refractivity contribution in [2.45, 2.75) is 13.1 Å². The fourth-order valence-corrected chi connectivity index (χ4v) is 2.15. The van der Waals surface area contributed by atoms with Crippen LogP contribution in [0.4, 0.5) is 0 Å². The molecule has 0 fully saturated rings. The Balaban J connectivity index is 1.74. The Kier molecular flexibility index (Phi) is 3.61. The van der Waals surface area contributed by atoms with Gasteiger partial charge < -0.3 is 11.1 Å². The minimum absolute atomic E-state index is 0.170. The Morgan fingerprint density at radius 1 is 1.29 bits per heavy atom. The third-order valence-corrected chi connectivity index (χ3v) is 3.25. The fourth-order valence-electron chi connectivity index (χ4n) is 2.15. The molecule has 2 aromatic heterocycles. The van der Waals surface area contributed by atoms with Gasteiger partial charge in [-0.05, 0) is 11.1 Å². The molecule has 2 heterocycles. The second-order valence-electron chi connectivity index (χ2n) is 4.67. The maximum atomic E-state index is 12.2. The molecule has 0 bridgehead atoms. The number of aromatic nitrogens is 3. The van der Waals surface area contributed by atoms with Gasteiger partial charge in [-0.1, -0.05) is 24.3 Å². The maximum absolute atomic E-state index is 12.2. The topological polar surface area (TPSA) is 85.3 Å². The standard InChI is InChI=1S/C15H15N5O/c16-7-11-2-1-3-12(6-11)8-18-15(21)13-9-19-20-5-4-17-10-14(13)20/h1-6,9-10H,7-8,16H2,(H,18,21). The first kappa shape index (κ1) is 13.3. The van der Waals surface area contributed by atoms with Crippen molar-refractivity contribution in [2.24, 2.45) is 5.73 Å². The Hall–Kier alpha value is -2.73. The van der Waals surface area contributed by atoms with Gasteiger partial charge in [-0.3, -0.25) is 9.78 Å². The Morgan fingerprint density at radius 2 is 2.14 bits per heavy atom. The second kappa shape index (κ2) is 5.72. The monoisotopic (exact) mass is 281 g/mol. The van der Waals surface area contributed by atoms with E-state index in [9.17, 15) is 4.79 Å². The van der Waals surface area contributed by atoms with Gasteiger partial charge in [0.15, 0.2) is 0 Å². The van der Waals surface area contributed by atoms with Gasteiger partial charge >= 0.3 is 0 Å². The van der Waals surface area contributed by atoms with E-state index in [1.54, 1.807) is 29.3 Å². The van der Waals surface area contributed by atoms with Gasteiger partial charge in [0, 0.05) is 25.5 Å². The third kappa shape index (κ3) is 2.75. The number of nitrogens with two attached hydrogens (primary N) is 1. The van der Waals surface area contributed by atoms with E-state index in [1.807, 2.05) is 24.3 Å². The van der Waals surface area contributed by atoms with Crippen LogP contribution < -0.4 is 11.1 Å². The number of amides is 1. The third-order valence-electron chi connectivity index (χ3n) is 3.25. The zero-order valence-electron chi connectivity index (χ0n) is 11.4. The molecule has 6 nitrogen and oxygen atoms in total. The van der Waals surface area contributed by atoms with Crippen LogP contribution in [0.25, 0.3) is 5.52 Å². The van der Waals surface area contributed by atoms with Crippen molar-refractivity contribution in [3.05, 3.63) is 65.7 Å². The zero-order valence-corrected chi connectivity index (χ0v) is 11.4. The minimum atomic E-state index is -0.170. The number of carbonyl (C=O) groups excluding carboxylic acids is 1. The lowest BCUT2D eigenvalue weighted by molar-refractivity contribution is 0.0952. The van der Waals surface area contributed by atoms with Crippen molar-refractivity contribution in [3.63, 3.8) is 0 Å². The summed E-state index contributed by atoms with van der Waals surface area (Å²) in [6, 6.07) is 7.83. The number of benzene rings is 1. The second-order valence-corrected chi connectivity index (χ2v) is 4.67. The first-order valence-electron chi connectivity index (χ1n) is 6.61. The van der Waals surface area contributed by atoms with Crippen molar-refractivity contribution in [1.29, 1.82) is 0 Å². The lowest BCUT2D eigenvalue weighted by Gasteiger charge is -2.06. The summed E-state index contributed by atoms with van der Waals surface area (Å²) in [6.45, 7) is 0.936. The van der Waals surface area contributed by atoms with E-state index in [1.165, 1.54) is 0 Å². The number of hydrogen-bond donors (Lipinski definition) is 2. The summed E-state index contributed by atoms with van der Waals surface area (Å²) in [4.78, 5) is 16.2. The number of carbonyl (C=O) groups is 1. The number of nitrogens with one attached hydrogen (secondary N) is 1. The molecule has 0 aliphatic rings. The Labute approximate surface area is 121 Å². The van der Waals surface area contributed by atoms with Gasteiger partial charge in [0.05, 0.1) is 23.5 Å². The summed E-state index contributed by atoms with van der Waals surface area (Å²) in [6.07, 6.45) is 6.50. The smallest absolute Gasteiger partial charge is 0.255 e. The van der Waals surface area contributed by atoms with Crippen LogP contribution in [-0.2, 0) is 13.1 Å². The van der Waals surface area contributed by atoms with Gasteiger partial charge in [-0.2, -0.15) is 5.10 Å². The zero-order chi connectivity index (χ0) is 14.7. The SMILES string of the molecule is NCc1cccc(CNC(=O)c2cnn3ccncc23)c1. The summed E-state index contributed by atoms with van der Waals surface area (Å²) in [5.41, 5.74) is 8.86. The Morgan fingerprint density at radius 3 is 3.00 bits per heavy atom. The molecule has 0 spiro atoms. The first-order chi connectivity index (χ1) is 10.3. The molecule has 0 saturated carbocycles. The molecule has 21 heavy (non-hydrogen) atoms. The Bertz CT molecular complexity index is 780. The molecule has 0 unspecified atom stereocenters. The van der Waals surface area contributed by atoms with Crippen molar-refractivity contribution in [2.75, 3.05) is 0 Å². The molecule has 3 N–H and O–H groups in total. The quantitative estimate of drug-likeness (QED) is 0.750. The highest BCUT2D eigenvalue weighted by molar-refractivity contribution is 6.00. The van der Waals surface area contributed by atoms with Crippen LogP contribution in [0.3, 0.4) is 0 Å². The van der Waals surface area contributed by atoms with E-state index in [4.69, 9.17) is 5.73 Å². The van der Waals surface area contributed by atoms with Crippen molar-refractivity contribution in [3.8, 4) is 0 Å². The van der Waals surface area contributed by atoms with E-state index < -0.39 is 0 Å². The van der Waals surface area contributed by atoms with Crippen LogP contribution in [0.5, 0.6) is 0 Å². The van der Waals surface area contributed by atoms with Gasteiger partial charge in [0.1, 0.15) is 0 Å². The van der Waals surface area contributed by atoms with Crippen LogP contribution in [-0.4, -0.2) is 20.5 Å². The highest BCUT2D eigenvalue weighted by atomic mass is 16.1. The molecule has 6 heteroatoms. The molecule has 3 rings (SSSR count). The molecule has 0 atom stereocenters. The molecule has 0 aliphatic heterocycles. The molecular formula is C15H15N5O. The van der Waals surface area contributed by atoms with Gasteiger partial charge in [0.2, 0.25) is 0 Å². The number of rotatable bonds is 4. The van der Waals surface area contributed by atoms with Gasteiger partial charge in [0.25, 0.3) is 5.91 Å². The predicted molar refractivity (Wildman–Crippen MR) is 78.5 cm³/mol. The number of fused-ring (bicyclic) bond motifs is 1. The van der Waals surface area contributed by atoms with Crippen LogP contribution in [0.2, 0.25) is 0 Å². The van der Waals surface area contributed by atoms with Gasteiger partial charge in [-0.25, -0.2) is 4.52 Å². The largest absolute Gasteiger partial charge is 0.348 e. The average molecular weight is 281 g/mol. The average Bonchev–Trinajstić information content (AvgIpc) is 2.97. The summed E-state index contributed by atoms with van der Waals surface area (Å²) in [5.74, 6) is -0.170. The van der Waals surface area contributed by atoms with Crippen LogP contribution >= 0.6 is 0 Å². The van der Waals surface area contributed by atoms with Crippen molar-refractivity contribution >= 4 is 11.4 Å². The fraction of sp³-hybridized carbons (Fsp3) is 0.133. The summed E-state index contributed by atoms with van der Waals surface area (Å²) in [7, 11) is 0. The first-order valence-corrected chi connectivity index (χ1v) is 6.61. The molecule has 0 radical (unpaired) electrons. The highest BCUT2D eigenvalue weighted by Gasteiger charge is 2.12. The van der Waals surface area contributed by atoms with Crippen LogP contribution in [0.15, 0.2) is 49.1 Å². The van der Waals surface area contributed by atoms with E-state index in [0.29, 0.717) is 24.2 Å².